The van der Waals surface area contributed by atoms with E-state index in [0.717, 1.165) is 0 Å². The van der Waals surface area contributed by atoms with E-state index in [1.807, 2.05) is 36.4 Å². The molecule has 3 aromatic rings. The van der Waals surface area contributed by atoms with Crippen LogP contribution in [0.5, 0.6) is 0 Å². The summed E-state index contributed by atoms with van der Waals surface area (Å²) >= 11 is 0. The summed E-state index contributed by atoms with van der Waals surface area (Å²) in [6, 6.07) is 18.8. The number of para-hydroxylation sites is 1. The van der Waals surface area contributed by atoms with Crippen molar-refractivity contribution in [2.24, 2.45) is 0 Å². The highest BCUT2D eigenvalue weighted by atomic mass is 28.3. The summed E-state index contributed by atoms with van der Waals surface area (Å²) in [5.41, 5.74) is 0.0106. The molecular formula is C21H23N3O3Si. The van der Waals surface area contributed by atoms with Crippen molar-refractivity contribution in [1.82, 2.24) is 13.9 Å². The molecule has 1 aromatic heterocycles. The Morgan fingerprint density at radius 2 is 1.46 bits per heavy atom. The first kappa shape index (κ1) is 17.5. The number of aromatic nitrogens is 3. The second kappa shape index (κ2) is 5.92. The fraction of sp³-hybridized carbons (Fsp3) is 0.333. The SMILES string of the molecule is C[Si](C)(c1ccccc1)[C@@H]1[C@@H]2[C@@H](O)C[C@H]1n1c(=O)n(-c3ccccc3)c(=O)n12. The molecule has 2 heterocycles. The standard InChI is InChI=1S/C21H23N3O3Si/c1-28(2,15-11-7-4-8-12-15)19-16-13-17(25)18(19)24-21(27)22(20(26)23(16)24)14-9-5-3-6-10-14/h3-12,16-19,25H,13H2,1-2H3/t16-,17+,18+,19+/m1/s1. The zero-order valence-corrected chi connectivity index (χ0v) is 16.9. The van der Waals surface area contributed by atoms with Gasteiger partial charge in [0.25, 0.3) is 0 Å². The molecule has 0 radical (unpaired) electrons. The lowest BCUT2D eigenvalue weighted by molar-refractivity contribution is 0.104. The lowest BCUT2D eigenvalue weighted by Gasteiger charge is -2.32. The quantitative estimate of drug-likeness (QED) is 0.688. The first-order valence-electron chi connectivity index (χ1n) is 9.68. The van der Waals surface area contributed by atoms with Crippen molar-refractivity contribution in [3.05, 3.63) is 81.6 Å². The summed E-state index contributed by atoms with van der Waals surface area (Å²) in [6.07, 6.45) is -0.0780. The molecule has 7 heteroatoms. The van der Waals surface area contributed by atoms with Gasteiger partial charge in [0.2, 0.25) is 0 Å². The average Bonchev–Trinajstić information content (AvgIpc) is 3.30. The van der Waals surface area contributed by atoms with E-state index in [1.165, 1.54) is 14.4 Å². The predicted octanol–water partition coefficient (Wildman–Crippen LogP) is 1.65. The lowest BCUT2D eigenvalue weighted by atomic mass is 10.2. The van der Waals surface area contributed by atoms with Crippen molar-refractivity contribution in [2.75, 3.05) is 0 Å². The van der Waals surface area contributed by atoms with Crippen LogP contribution < -0.4 is 16.6 Å². The highest BCUT2D eigenvalue weighted by Gasteiger charge is 2.59. The molecule has 0 saturated heterocycles. The number of benzene rings is 2. The van der Waals surface area contributed by atoms with E-state index < -0.39 is 14.2 Å². The third kappa shape index (κ3) is 2.17. The Morgan fingerprint density at radius 3 is 2.11 bits per heavy atom. The van der Waals surface area contributed by atoms with Crippen LogP contribution in [-0.2, 0) is 0 Å². The Bertz CT molecular complexity index is 1150. The Labute approximate surface area is 163 Å². The molecule has 28 heavy (non-hydrogen) atoms. The third-order valence-electron chi connectivity index (χ3n) is 6.63. The molecule has 1 aliphatic heterocycles. The van der Waals surface area contributed by atoms with E-state index >= 15 is 0 Å². The Hall–Kier alpha value is -2.64. The van der Waals surface area contributed by atoms with Crippen LogP contribution in [0.2, 0.25) is 18.6 Å². The number of aliphatic hydroxyl groups excluding tert-OH is 1. The molecule has 144 valence electrons. The van der Waals surface area contributed by atoms with Gasteiger partial charge >= 0.3 is 11.4 Å². The maximum Gasteiger partial charge on any atom is 0.352 e. The van der Waals surface area contributed by atoms with Gasteiger partial charge in [0, 0.05) is 5.54 Å². The molecule has 1 aliphatic carbocycles. The van der Waals surface area contributed by atoms with E-state index in [2.05, 4.69) is 25.2 Å². The maximum absolute atomic E-state index is 13.2. The predicted molar refractivity (Wildman–Crippen MR) is 110 cm³/mol. The summed E-state index contributed by atoms with van der Waals surface area (Å²) in [7, 11) is -2.04. The summed E-state index contributed by atoms with van der Waals surface area (Å²) in [5, 5.41) is 12.1. The summed E-state index contributed by atoms with van der Waals surface area (Å²) in [6.45, 7) is 4.55. The van der Waals surface area contributed by atoms with Crippen LogP contribution in [0.1, 0.15) is 18.5 Å². The largest absolute Gasteiger partial charge is 0.391 e. The number of hydrogen-bond acceptors (Lipinski definition) is 3. The number of aliphatic hydroxyl groups is 1. The van der Waals surface area contributed by atoms with Crippen molar-refractivity contribution in [1.29, 1.82) is 0 Å². The minimum atomic E-state index is -2.04. The average molecular weight is 394 g/mol. The van der Waals surface area contributed by atoms with Gasteiger partial charge in [0.05, 0.1) is 31.9 Å². The van der Waals surface area contributed by atoms with Gasteiger partial charge in [-0.1, -0.05) is 66.8 Å². The molecule has 1 N–H and O–H groups in total. The first-order chi connectivity index (χ1) is 13.4. The number of fused-ring (bicyclic) bond motifs is 5. The highest BCUT2D eigenvalue weighted by Crippen LogP contribution is 2.56. The van der Waals surface area contributed by atoms with Gasteiger partial charge < -0.3 is 5.11 Å². The van der Waals surface area contributed by atoms with Crippen LogP contribution in [0.3, 0.4) is 0 Å². The normalized spacial score (nSPS) is 25.8. The molecule has 5 rings (SSSR count). The fourth-order valence-electron chi connectivity index (χ4n) is 5.38. The zero-order chi connectivity index (χ0) is 19.6. The van der Waals surface area contributed by atoms with Crippen molar-refractivity contribution in [3.8, 4) is 5.69 Å². The summed E-state index contributed by atoms with van der Waals surface area (Å²) in [4.78, 5) is 26.5. The van der Waals surface area contributed by atoms with E-state index in [1.54, 1.807) is 16.8 Å². The van der Waals surface area contributed by atoms with Crippen molar-refractivity contribution < 1.29 is 5.11 Å². The molecule has 0 spiro atoms. The smallest absolute Gasteiger partial charge is 0.352 e. The van der Waals surface area contributed by atoms with Crippen molar-refractivity contribution >= 4 is 13.3 Å². The Kier molecular flexibility index (Phi) is 3.69. The van der Waals surface area contributed by atoms with Crippen LogP contribution in [0.15, 0.2) is 70.3 Å². The van der Waals surface area contributed by atoms with Gasteiger partial charge in [-0.15, -0.1) is 0 Å². The minimum absolute atomic E-state index is 0.107. The molecule has 2 bridgehead atoms. The van der Waals surface area contributed by atoms with Crippen LogP contribution >= 0.6 is 0 Å². The van der Waals surface area contributed by atoms with Crippen molar-refractivity contribution in [3.63, 3.8) is 0 Å². The molecule has 0 amide bonds. The van der Waals surface area contributed by atoms with E-state index in [4.69, 9.17) is 0 Å². The second-order valence-electron chi connectivity index (χ2n) is 8.40. The van der Waals surface area contributed by atoms with E-state index in [9.17, 15) is 14.7 Å². The first-order valence-corrected chi connectivity index (χ1v) is 12.8. The molecule has 1 saturated carbocycles. The molecule has 1 fully saturated rings. The monoisotopic (exact) mass is 393 g/mol. The number of nitrogens with zero attached hydrogens (tertiary/aromatic N) is 3. The molecule has 0 unspecified atom stereocenters. The summed E-state index contributed by atoms with van der Waals surface area (Å²) < 4.78 is 4.39. The van der Waals surface area contributed by atoms with Gasteiger partial charge in [-0.2, -0.15) is 0 Å². The molecule has 4 atom stereocenters. The van der Waals surface area contributed by atoms with Gasteiger partial charge in [-0.3, -0.25) is 0 Å². The number of hydrogen-bond donors (Lipinski definition) is 1. The van der Waals surface area contributed by atoms with Crippen LogP contribution in [0, 0.1) is 0 Å². The molecule has 2 aliphatic rings. The fourth-order valence-corrected chi connectivity index (χ4v) is 9.27. The van der Waals surface area contributed by atoms with Gasteiger partial charge in [0.1, 0.15) is 0 Å². The van der Waals surface area contributed by atoms with Gasteiger partial charge in [-0.05, 0) is 18.6 Å². The number of rotatable bonds is 3. The zero-order valence-electron chi connectivity index (χ0n) is 15.9. The maximum atomic E-state index is 13.2. The van der Waals surface area contributed by atoms with Crippen LogP contribution in [0.4, 0.5) is 0 Å². The van der Waals surface area contributed by atoms with E-state index in [0.29, 0.717) is 12.1 Å². The third-order valence-corrected chi connectivity index (χ3v) is 10.8. The highest BCUT2D eigenvalue weighted by molar-refractivity contribution is 6.91. The second-order valence-corrected chi connectivity index (χ2v) is 13.1. The van der Waals surface area contributed by atoms with Crippen molar-refractivity contribution in [2.45, 2.75) is 43.2 Å². The lowest BCUT2D eigenvalue weighted by Crippen LogP contribution is -2.49. The Balaban J connectivity index is 1.68. The molecular weight excluding hydrogens is 370 g/mol. The van der Waals surface area contributed by atoms with Crippen LogP contribution in [-0.4, -0.2) is 33.2 Å². The van der Waals surface area contributed by atoms with Gasteiger partial charge in [-0.25, -0.2) is 23.5 Å². The topological polar surface area (TPSA) is 69.2 Å². The molecule has 2 aromatic carbocycles. The van der Waals surface area contributed by atoms with Crippen LogP contribution in [0.25, 0.3) is 5.69 Å². The molecule has 6 nitrogen and oxygen atoms in total. The van der Waals surface area contributed by atoms with Gasteiger partial charge in [0.15, 0.2) is 0 Å². The minimum Gasteiger partial charge on any atom is -0.391 e. The Morgan fingerprint density at radius 1 is 0.893 bits per heavy atom. The summed E-state index contributed by atoms with van der Waals surface area (Å²) in [5.74, 6) is 0. The van der Waals surface area contributed by atoms with E-state index in [-0.39, 0.29) is 29.0 Å².